The Hall–Kier alpha value is -3.27. The molecule has 172 valence electrons. The van der Waals surface area contributed by atoms with Gasteiger partial charge in [-0.05, 0) is 19.9 Å². The number of H-pyrrole nitrogens is 1. The first-order chi connectivity index (χ1) is 15.5. The second-order valence-corrected chi connectivity index (χ2v) is 7.85. The highest BCUT2D eigenvalue weighted by Crippen LogP contribution is 2.39. The van der Waals surface area contributed by atoms with Crippen molar-refractivity contribution in [3.8, 4) is 11.5 Å². The highest BCUT2D eigenvalue weighted by Gasteiger charge is 2.30. The molecule has 3 heterocycles. The van der Waals surface area contributed by atoms with Crippen molar-refractivity contribution < 1.29 is 38.2 Å². The van der Waals surface area contributed by atoms with Gasteiger partial charge in [0.25, 0.3) is 5.91 Å². The number of hydrogen-bond acceptors (Lipinski definition) is 7. The van der Waals surface area contributed by atoms with Gasteiger partial charge in [0, 0.05) is 24.3 Å². The fraction of sp³-hybridized carbons (Fsp3) is 0.500. The minimum absolute atomic E-state index is 0.102. The van der Waals surface area contributed by atoms with Crippen molar-refractivity contribution in [3.63, 3.8) is 0 Å². The summed E-state index contributed by atoms with van der Waals surface area (Å²) in [6.45, 7) is 5.87. The maximum absolute atomic E-state index is 12.9. The fourth-order valence-corrected chi connectivity index (χ4v) is 4.18. The Morgan fingerprint density at radius 2 is 1.78 bits per heavy atom. The molecule has 10 nitrogen and oxygen atoms in total. The average molecular weight is 446 g/mol. The number of quaternary nitrogens is 1. The molecule has 32 heavy (non-hydrogen) atoms. The first-order valence-corrected chi connectivity index (χ1v) is 10.9. The van der Waals surface area contributed by atoms with Crippen molar-refractivity contribution >= 4 is 34.4 Å². The second-order valence-electron chi connectivity index (χ2n) is 7.85. The molecule has 1 amide bonds. The van der Waals surface area contributed by atoms with E-state index in [1.165, 1.54) is 0 Å². The van der Waals surface area contributed by atoms with Gasteiger partial charge in [-0.1, -0.05) is 0 Å². The van der Waals surface area contributed by atoms with Crippen LogP contribution in [0.25, 0.3) is 10.9 Å². The third-order valence-corrected chi connectivity index (χ3v) is 5.76. The van der Waals surface area contributed by atoms with E-state index in [0.717, 1.165) is 4.90 Å². The SMILES string of the molecule is CCOC(=O)c1[nH]c2cc3c(cc2c1NC(=O)C[NH+]1CCC(C(=O)OCC)CC1)OCO3. The van der Waals surface area contributed by atoms with Gasteiger partial charge in [0.15, 0.2) is 18.0 Å². The van der Waals surface area contributed by atoms with Gasteiger partial charge in [0.2, 0.25) is 6.79 Å². The number of carbonyl (C=O) groups is 3. The third kappa shape index (κ3) is 4.50. The van der Waals surface area contributed by atoms with Crippen LogP contribution in [0, 0.1) is 5.92 Å². The number of piperidine rings is 1. The summed E-state index contributed by atoms with van der Waals surface area (Å²) in [6.07, 6.45) is 1.37. The van der Waals surface area contributed by atoms with Gasteiger partial charge in [0.1, 0.15) is 5.69 Å². The molecule has 0 atom stereocenters. The van der Waals surface area contributed by atoms with E-state index >= 15 is 0 Å². The summed E-state index contributed by atoms with van der Waals surface area (Å²) < 4.78 is 21.1. The van der Waals surface area contributed by atoms with E-state index in [4.69, 9.17) is 18.9 Å². The van der Waals surface area contributed by atoms with Crippen LogP contribution in [-0.4, -0.2) is 62.5 Å². The van der Waals surface area contributed by atoms with Gasteiger partial charge in [-0.2, -0.15) is 0 Å². The number of nitrogens with one attached hydrogen (secondary N) is 3. The maximum Gasteiger partial charge on any atom is 0.356 e. The number of rotatable bonds is 7. The molecule has 10 heteroatoms. The number of esters is 2. The van der Waals surface area contributed by atoms with E-state index in [1.807, 2.05) is 0 Å². The summed E-state index contributed by atoms with van der Waals surface area (Å²) in [5, 5.41) is 3.53. The molecule has 0 unspecified atom stereocenters. The van der Waals surface area contributed by atoms with E-state index in [1.54, 1.807) is 26.0 Å². The third-order valence-electron chi connectivity index (χ3n) is 5.76. The lowest BCUT2D eigenvalue weighted by Crippen LogP contribution is -3.14. The second kappa shape index (κ2) is 9.47. The van der Waals surface area contributed by atoms with Crippen LogP contribution in [0.4, 0.5) is 5.69 Å². The molecule has 0 spiro atoms. The summed E-state index contributed by atoms with van der Waals surface area (Å²) >= 11 is 0. The molecule has 0 saturated carbocycles. The monoisotopic (exact) mass is 446 g/mol. The normalized spacial score (nSPS) is 19.6. The Morgan fingerprint density at radius 3 is 2.47 bits per heavy atom. The van der Waals surface area contributed by atoms with Crippen molar-refractivity contribution in [3.05, 3.63) is 17.8 Å². The number of hydrogen-bond donors (Lipinski definition) is 3. The van der Waals surface area contributed by atoms with E-state index in [2.05, 4.69) is 10.3 Å². The van der Waals surface area contributed by atoms with Crippen LogP contribution in [0.15, 0.2) is 12.1 Å². The summed E-state index contributed by atoms with van der Waals surface area (Å²) in [5.41, 5.74) is 1.17. The topological polar surface area (TPSA) is 120 Å². The van der Waals surface area contributed by atoms with Crippen molar-refractivity contribution in [2.75, 3.05) is 45.0 Å². The standard InChI is InChI=1S/C22H27N3O7/c1-3-29-21(27)13-5-7-25(8-6-13)11-18(26)24-19-14-9-16-17(32-12-31-16)10-15(14)23-20(19)22(28)30-4-2/h9-10,13,23H,3-8,11-12H2,1-2H3,(H,24,26)/p+1. The maximum atomic E-state index is 12.9. The Bertz CT molecular complexity index is 1020. The van der Waals surface area contributed by atoms with Crippen LogP contribution in [0.1, 0.15) is 37.2 Å². The van der Waals surface area contributed by atoms with Crippen molar-refractivity contribution in [1.29, 1.82) is 0 Å². The molecule has 3 N–H and O–H groups in total. The Labute approximate surface area is 185 Å². The smallest absolute Gasteiger partial charge is 0.356 e. The molecule has 1 aromatic heterocycles. The molecule has 4 rings (SSSR count). The quantitative estimate of drug-likeness (QED) is 0.540. The number of likely N-dealkylation sites (tertiary alicyclic amines) is 1. The Balaban J connectivity index is 1.48. The lowest BCUT2D eigenvalue weighted by atomic mass is 9.97. The highest BCUT2D eigenvalue weighted by molar-refractivity contribution is 6.11. The minimum atomic E-state index is -0.552. The Kier molecular flexibility index (Phi) is 6.50. The molecule has 1 saturated heterocycles. The van der Waals surface area contributed by atoms with Crippen LogP contribution in [0.2, 0.25) is 0 Å². The van der Waals surface area contributed by atoms with E-state index in [-0.39, 0.29) is 43.4 Å². The van der Waals surface area contributed by atoms with Crippen molar-refractivity contribution in [2.24, 2.45) is 5.92 Å². The number of fused-ring (bicyclic) bond motifs is 2. The predicted octanol–water partition coefficient (Wildman–Crippen LogP) is 0.870. The zero-order chi connectivity index (χ0) is 22.7. The lowest BCUT2D eigenvalue weighted by molar-refractivity contribution is -0.897. The van der Waals surface area contributed by atoms with E-state index < -0.39 is 5.97 Å². The molecule has 0 aliphatic carbocycles. The fourth-order valence-electron chi connectivity index (χ4n) is 4.18. The van der Waals surface area contributed by atoms with E-state index in [9.17, 15) is 14.4 Å². The first kappa shape index (κ1) is 21.9. The Morgan fingerprint density at radius 1 is 1.09 bits per heavy atom. The molecule has 0 bridgehead atoms. The van der Waals surface area contributed by atoms with Crippen LogP contribution >= 0.6 is 0 Å². The number of ether oxygens (including phenoxy) is 4. The highest BCUT2D eigenvalue weighted by atomic mass is 16.7. The minimum Gasteiger partial charge on any atom is -0.466 e. The van der Waals surface area contributed by atoms with Gasteiger partial charge in [-0.25, -0.2) is 4.79 Å². The van der Waals surface area contributed by atoms with Crippen LogP contribution in [0.5, 0.6) is 11.5 Å². The van der Waals surface area contributed by atoms with Crippen molar-refractivity contribution in [1.82, 2.24) is 4.98 Å². The van der Waals surface area contributed by atoms with Gasteiger partial charge >= 0.3 is 11.9 Å². The van der Waals surface area contributed by atoms with Crippen LogP contribution in [-0.2, 0) is 19.1 Å². The average Bonchev–Trinajstić information content (AvgIpc) is 3.37. The van der Waals surface area contributed by atoms with Crippen molar-refractivity contribution in [2.45, 2.75) is 26.7 Å². The zero-order valence-electron chi connectivity index (χ0n) is 18.2. The summed E-state index contributed by atoms with van der Waals surface area (Å²) in [4.78, 5) is 41.4. The number of carbonyl (C=O) groups excluding carboxylic acids is 3. The molecule has 2 aliphatic rings. The van der Waals surface area contributed by atoms with Gasteiger partial charge in [-0.3, -0.25) is 9.59 Å². The predicted molar refractivity (Wildman–Crippen MR) is 114 cm³/mol. The zero-order valence-corrected chi connectivity index (χ0v) is 18.2. The van der Waals surface area contributed by atoms with Gasteiger partial charge in [-0.15, -0.1) is 0 Å². The number of anilines is 1. The molecular formula is C22H28N3O7+. The first-order valence-electron chi connectivity index (χ1n) is 10.9. The molecule has 2 aromatic rings. The molecule has 2 aliphatic heterocycles. The molecular weight excluding hydrogens is 418 g/mol. The summed E-state index contributed by atoms with van der Waals surface area (Å²) in [6, 6.07) is 3.48. The van der Waals surface area contributed by atoms with Gasteiger partial charge < -0.3 is 34.1 Å². The largest absolute Gasteiger partial charge is 0.466 e. The number of benzene rings is 1. The summed E-state index contributed by atoms with van der Waals surface area (Å²) in [7, 11) is 0. The number of aromatic amines is 1. The van der Waals surface area contributed by atoms with Crippen LogP contribution in [0.3, 0.4) is 0 Å². The number of aromatic nitrogens is 1. The lowest BCUT2D eigenvalue weighted by Gasteiger charge is -2.27. The number of amides is 1. The van der Waals surface area contributed by atoms with E-state index in [0.29, 0.717) is 60.6 Å². The van der Waals surface area contributed by atoms with Gasteiger partial charge in [0.05, 0.1) is 43.4 Å². The molecule has 1 fully saturated rings. The summed E-state index contributed by atoms with van der Waals surface area (Å²) in [5.74, 6) is 0.0834. The van der Waals surface area contributed by atoms with Crippen LogP contribution < -0.4 is 19.7 Å². The molecule has 0 radical (unpaired) electrons. The molecule has 1 aromatic carbocycles.